The molecule has 0 fully saturated rings. The largest absolute Gasteiger partial charge is 0.462 e. The molecular weight excluding hydrogens is 204 g/mol. The maximum atomic E-state index is 11.3. The highest BCUT2D eigenvalue weighted by molar-refractivity contribution is 5.91. The van der Waals surface area contributed by atoms with Gasteiger partial charge in [-0.2, -0.15) is 0 Å². The van der Waals surface area contributed by atoms with Crippen molar-refractivity contribution < 1.29 is 9.53 Å². The van der Waals surface area contributed by atoms with Gasteiger partial charge in [-0.25, -0.2) is 4.79 Å². The number of nitrogens with two attached hydrogens (primary N) is 2. The molecule has 0 aliphatic rings. The molecule has 0 saturated carbocycles. The van der Waals surface area contributed by atoms with E-state index in [1.807, 2.05) is 20.8 Å². The van der Waals surface area contributed by atoms with Crippen LogP contribution in [0.3, 0.4) is 0 Å². The van der Waals surface area contributed by atoms with Gasteiger partial charge in [0, 0.05) is 0 Å². The van der Waals surface area contributed by atoms with Gasteiger partial charge in [-0.05, 0) is 24.6 Å². The van der Waals surface area contributed by atoms with E-state index in [9.17, 15) is 4.79 Å². The summed E-state index contributed by atoms with van der Waals surface area (Å²) in [4.78, 5) is 11.3. The number of rotatable bonds is 3. The van der Waals surface area contributed by atoms with Crippen molar-refractivity contribution in [1.82, 2.24) is 0 Å². The highest BCUT2D eigenvalue weighted by Gasteiger charge is 2.07. The normalized spacial score (nSPS) is 8.94. The van der Waals surface area contributed by atoms with E-state index in [0.717, 1.165) is 6.42 Å². The molecule has 0 saturated heterocycles. The van der Waals surface area contributed by atoms with Crippen molar-refractivity contribution in [3.05, 3.63) is 23.8 Å². The zero-order chi connectivity index (χ0) is 12.6. The summed E-state index contributed by atoms with van der Waals surface area (Å²) < 4.78 is 4.94. The quantitative estimate of drug-likeness (QED) is 0.610. The van der Waals surface area contributed by atoms with Crippen LogP contribution in [0.1, 0.15) is 37.6 Å². The van der Waals surface area contributed by atoms with Crippen molar-refractivity contribution in [3.8, 4) is 0 Å². The molecule has 0 aromatic heterocycles. The first-order valence-electron chi connectivity index (χ1n) is 5.47. The Kier molecular flexibility index (Phi) is 6.76. The highest BCUT2D eigenvalue weighted by atomic mass is 16.5. The van der Waals surface area contributed by atoms with Crippen LogP contribution in [0.5, 0.6) is 0 Å². The van der Waals surface area contributed by atoms with Crippen molar-refractivity contribution in [1.29, 1.82) is 0 Å². The predicted molar refractivity (Wildman–Crippen MR) is 67.2 cm³/mol. The molecule has 4 N–H and O–H groups in total. The number of ether oxygens (including phenoxy) is 1. The molecule has 1 aromatic carbocycles. The zero-order valence-corrected chi connectivity index (χ0v) is 10.1. The van der Waals surface area contributed by atoms with E-state index in [4.69, 9.17) is 16.2 Å². The molecule has 0 unspecified atom stereocenters. The van der Waals surface area contributed by atoms with E-state index in [2.05, 4.69) is 0 Å². The first kappa shape index (κ1) is 14.3. The maximum absolute atomic E-state index is 11.3. The lowest BCUT2D eigenvalue weighted by molar-refractivity contribution is 0.0505. The summed E-state index contributed by atoms with van der Waals surface area (Å²) in [6, 6.07) is 4.72. The number of anilines is 2. The van der Waals surface area contributed by atoms with Gasteiger partial charge < -0.3 is 16.2 Å². The maximum Gasteiger partial charge on any atom is 0.338 e. The Morgan fingerprint density at radius 1 is 1.25 bits per heavy atom. The smallest absolute Gasteiger partial charge is 0.338 e. The van der Waals surface area contributed by atoms with Gasteiger partial charge in [-0.15, -0.1) is 0 Å². The Bertz CT molecular complexity index is 338. The average molecular weight is 224 g/mol. The lowest BCUT2D eigenvalue weighted by Gasteiger charge is -2.05. The number of carbonyl (C=O) groups is 1. The van der Waals surface area contributed by atoms with Crippen molar-refractivity contribution in [2.75, 3.05) is 18.1 Å². The summed E-state index contributed by atoms with van der Waals surface area (Å²) in [5.41, 5.74) is 12.4. The summed E-state index contributed by atoms with van der Waals surface area (Å²) in [7, 11) is 0. The van der Waals surface area contributed by atoms with Gasteiger partial charge in [0.2, 0.25) is 0 Å². The van der Waals surface area contributed by atoms with Gasteiger partial charge in [0.15, 0.2) is 0 Å². The predicted octanol–water partition coefficient (Wildman–Crippen LogP) is 2.44. The summed E-state index contributed by atoms with van der Waals surface area (Å²) in [5.74, 6) is -0.362. The average Bonchev–Trinajstić information content (AvgIpc) is 2.32. The second-order valence-corrected chi connectivity index (χ2v) is 2.98. The summed E-state index contributed by atoms with van der Waals surface area (Å²) in [5, 5.41) is 0. The molecule has 0 aliphatic heterocycles. The summed E-state index contributed by atoms with van der Waals surface area (Å²) >= 11 is 0. The number of hydrogen-bond donors (Lipinski definition) is 2. The van der Waals surface area contributed by atoms with Crippen LogP contribution >= 0.6 is 0 Å². The molecule has 1 rings (SSSR count). The van der Waals surface area contributed by atoms with Crippen LogP contribution in [0.25, 0.3) is 0 Å². The van der Waals surface area contributed by atoms with E-state index in [-0.39, 0.29) is 5.97 Å². The first-order valence-corrected chi connectivity index (χ1v) is 5.47. The minimum atomic E-state index is -0.362. The second kappa shape index (κ2) is 7.56. The van der Waals surface area contributed by atoms with Crippen LogP contribution in [-0.4, -0.2) is 12.6 Å². The van der Waals surface area contributed by atoms with Crippen LogP contribution in [0, 0.1) is 0 Å². The third kappa shape index (κ3) is 4.21. The Labute approximate surface area is 96.6 Å². The fraction of sp³-hybridized carbons (Fsp3) is 0.417. The molecular formula is C12H20N2O2. The number of benzene rings is 1. The van der Waals surface area contributed by atoms with Gasteiger partial charge in [-0.3, -0.25) is 0 Å². The summed E-state index contributed by atoms with van der Waals surface area (Å²) in [6.45, 7) is 6.35. The van der Waals surface area contributed by atoms with Gasteiger partial charge >= 0.3 is 5.97 Å². The molecule has 0 aliphatic carbocycles. The minimum absolute atomic E-state index is 0.362. The molecule has 0 amide bonds. The SMILES string of the molecule is CC.CCCOC(=O)c1ccc(N)c(N)c1. The topological polar surface area (TPSA) is 78.3 Å². The first-order chi connectivity index (χ1) is 7.65. The molecule has 0 heterocycles. The van der Waals surface area contributed by atoms with Crippen LogP contribution in [0.4, 0.5) is 11.4 Å². The molecule has 0 bridgehead atoms. The molecule has 0 spiro atoms. The van der Waals surface area contributed by atoms with Crippen LogP contribution in [0.2, 0.25) is 0 Å². The van der Waals surface area contributed by atoms with Crippen LogP contribution in [-0.2, 0) is 4.74 Å². The molecule has 90 valence electrons. The number of carbonyl (C=O) groups excluding carboxylic acids is 1. The fourth-order valence-corrected chi connectivity index (χ4v) is 0.980. The Morgan fingerprint density at radius 2 is 1.88 bits per heavy atom. The third-order valence-corrected chi connectivity index (χ3v) is 1.76. The second-order valence-electron chi connectivity index (χ2n) is 2.98. The molecule has 0 atom stereocenters. The van der Waals surface area contributed by atoms with Gasteiger partial charge in [0.1, 0.15) is 0 Å². The monoisotopic (exact) mass is 224 g/mol. The van der Waals surface area contributed by atoms with Crippen molar-refractivity contribution >= 4 is 17.3 Å². The van der Waals surface area contributed by atoms with Crippen LogP contribution < -0.4 is 11.5 Å². The highest BCUT2D eigenvalue weighted by Crippen LogP contribution is 2.16. The van der Waals surface area contributed by atoms with E-state index >= 15 is 0 Å². The van der Waals surface area contributed by atoms with E-state index in [1.54, 1.807) is 12.1 Å². The van der Waals surface area contributed by atoms with Gasteiger partial charge in [0.25, 0.3) is 0 Å². The molecule has 0 radical (unpaired) electrons. The number of hydrogen-bond acceptors (Lipinski definition) is 4. The number of esters is 1. The standard InChI is InChI=1S/C10H14N2O2.C2H6/c1-2-5-14-10(13)7-3-4-8(11)9(12)6-7;1-2/h3-4,6H,2,5,11-12H2,1H3;1-2H3. The number of nitrogen functional groups attached to an aromatic ring is 2. The fourth-order valence-electron chi connectivity index (χ4n) is 0.980. The zero-order valence-electron chi connectivity index (χ0n) is 10.1. The molecule has 16 heavy (non-hydrogen) atoms. The van der Waals surface area contributed by atoms with Crippen molar-refractivity contribution in [2.45, 2.75) is 27.2 Å². The van der Waals surface area contributed by atoms with Crippen LogP contribution in [0.15, 0.2) is 18.2 Å². The molecule has 4 nitrogen and oxygen atoms in total. The molecule has 4 heteroatoms. The lowest BCUT2D eigenvalue weighted by atomic mass is 10.2. The Morgan fingerprint density at radius 3 is 2.38 bits per heavy atom. The van der Waals surface area contributed by atoms with E-state index in [0.29, 0.717) is 23.5 Å². The minimum Gasteiger partial charge on any atom is -0.462 e. The Balaban J connectivity index is 0.00000106. The molecule has 1 aromatic rings. The third-order valence-electron chi connectivity index (χ3n) is 1.76. The van der Waals surface area contributed by atoms with Crippen molar-refractivity contribution in [3.63, 3.8) is 0 Å². The Hall–Kier alpha value is -1.71. The lowest BCUT2D eigenvalue weighted by Crippen LogP contribution is -2.07. The summed E-state index contributed by atoms with van der Waals surface area (Å²) in [6.07, 6.45) is 0.802. The van der Waals surface area contributed by atoms with Gasteiger partial charge in [0.05, 0.1) is 23.5 Å². The van der Waals surface area contributed by atoms with Gasteiger partial charge in [-0.1, -0.05) is 20.8 Å². The van der Waals surface area contributed by atoms with Crippen molar-refractivity contribution in [2.24, 2.45) is 0 Å². The van der Waals surface area contributed by atoms with E-state index < -0.39 is 0 Å². The van der Waals surface area contributed by atoms with E-state index in [1.165, 1.54) is 6.07 Å².